The highest BCUT2D eigenvalue weighted by Crippen LogP contribution is 2.22. The number of H-pyrrole nitrogens is 1. The third-order valence-corrected chi connectivity index (χ3v) is 2.79. The maximum absolute atomic E-state index is 11.3. The molecule has 4 heteroatoms. The summed E-state index contributed by atoms with van der Waals surface area (Å²) in [6.07, 6.45) is 0.672. The fraction of sp³-hybridized carbons (Fsp3) is 0.231. The number of nitrogens with two attached hydrogens (primary N) is 1. The van der Waals surface area contributed by atoms with E-state index in [1.165, 1.54) is 0 Å². The molecule has 0 bridgehead atoms. The Kier molecular flexibility index (Phi) is 3.23. The van der Waals surface area contributed by atoms with Crippen LogP contribution in [0.5, 0.6) is 0 Å². The molecular formula is C13H15N3O. The van der Waals surface area contributed by atoms with Crippen molar-refractivity contribution < 1.29 is 4.79 Å². The van der Waals surface area contributed by atoms with E-state index < -0.39 is 0 Å². The first kappa shape index (κ1) is 11.4. The van der Waals surface area contributed by atoms with Gasteiger partial charge in [0.2, 0.25) is 5.91 Å². The standard InChI is InChI=1S/C13H15N3O/c1-2-10(13(14)17)12-8-11(15-16-12)9-6-4-3-5-7-9/h3-8,10H,2H2,1H3,(H2,14,17)(H,15,16). The summed E-state index contributed by atoms with van der Waals surface area (Å²) in [6.45, 7) is 1.93. The number of aromatic amines is 1. The summed E-state index contributed by atoms with van der Waals surface area (Å²) in [7, 11) is 0. The number of nitrogens with zero attached hydrogens (tertiary/aromatic N) is 1. The number of aromatic nitrogens is 2. The first-order valence-corrected chi connectivity index (χ1v) is 5.62. The molecule has 17 heavy (non-hydrogen) atoms. The van der Waals surface area contributed by atoms with Crippen molar-refractivity contribution >= 4 is 5.91 Å². The minimum absolute atomic E-state index is 0.292. The molecule has 1 aromatic heterocycles. The van der Waals surface area contributed by atoms with Crippen molar-refractivity contribution in [1.29, 1.82) is 0 Å². The molecule has 0 fully saturated rings. The summed E-state index contributed by atoms with van der Waals surface area (Å²) in [6, 6.07) is 11.7. The highest BCUT2D eigenvalue weighted by atomic mass is 16.1. The molecule has 0 aliphatic heterocycles. The summed E-state index contributed by atoms with van der Waals surface area (Å²) < 4.78 is 0. The molecule has 0 saturated heterocycles. The smallest absolute Gasteiger partial charge is 0.226 e. The Hall–Kier alpha value is -2.10. The lowest BCUT2D eigenvalue weighted by Gasteiger charge is -2.06. The number of hydrogen-bond acceptors (Lipinski definition) is 2. The van der Waals surface area contributed by atoms with Gasteiger partial charge in [0.15, 0.2) is 0 Å². The average Bonchev–Trinajstić information content (AvgIpc) is 2.80. The van der Waals surface area contributed by atoms with Crippen LogP contribution < -0.4 is 5.73 Å². The third-order valence-electron chi connectivity index (χ3n) is 2.79. The largest absolute Gasteiger partial charge is 0.369 e. The van der Waals surface area contributed by atoms with Crippen LogP contribution in [0.3, 0.4) is 0 Å². The van der Waals surface area contributed by atoms with Crippen molar-refractivity contribution in [2.75, 3.05) is 0 Å². The topological polar surface area (TPSA) is 71.8 Å². The van der Waals surface area contributed by atoms with Gasteiger partial charge in [0.25, 0.3) is 0 Å². The molecule has 1 atom stereocenters. The molecular weight excluding hydrogens is 214 g/mol. The van der Waals surface area contributed by atoms with E-state index in [4.69, 9.17) is 5.73 Å². The van der Waals surface area contributed by atoms with Crippen LogP contribution in [0.25, 0.3) is 11.3 Å². The molecule has 0 radical (unpaired) electrons. The van der Waals surface area contributed by atoms with Crippen LogP contribution in [0.4, 0.5) is 0 Å². The second-order valence-corrected chi connectivity index (χ2v) is 3.94. The van der Waals surface area contributed by atoms with Gasteiger partial charge in [-0.1, -0.05) is 37.3 Å². The number of benzene rings is 1. The Morgan fingerprint density at radius 3 is 2.71 bits per heavy atom. The van der Waals surface area contributed by atoms with E-state index >= 15 is 0 Å². The number of primary amides is 1. The van der Waals surface area contributed by atoms with Crippen LogP contribution in [0.2, 0.25) is 0 Å². The molecule has 0 saturated carbocycles. The van der Waals surface area contributed by atoms with E-state index in [2.05, 4.69) is 10.2 Å². The van der Waals surface area contributed by atoms with Crippen LogP contribution in [0.15, 0.2) is 36.4 Å². The molecule has 4 nitrogen and oxygen atoms in total. The predicted octanol–water partition coefficient (Wildman–Crippen LogP) is 2.06. The van der Waals surface area contributed by atoms with Crippen LogP contribution >= 0.6 is 0 Å². The van der Waals surface area contributed by atoms with E-state index in [0.717, 1.165) is 17.0 Å². The molecule has 2 rings (SSSR count). The summed E-state index contributed by atoms with van der Waals surface area (Å²) >= 11 is 0. The van der Waals surface area contributed by atoms with Gasteiger partial charge in [0, 0.05) is 11.3 Å². The van der Waals surface area contributed by atoms with Crippen LogP contribution in [0.1, 0.15) is 25.0 Å². The Morgan fingerprint density at radius 1 is 1.41 bits per heavy atom. The Morgan fingerprint density at radius 2 is 2.12 bits per heavy atom. The quantitative estimate of drug-likeness (QED) is 0.842. The fourth-order valence-corrected chi connectivity index (χ4v) is 1.85. The van der Waals surface area contributed by atoms with E-state index in [1.807, 2.05) is 43.3 Å². The molecule has 1 unspecified atom stereocenters. The van der Waals surface area contributed by atoms with E-state index in [0.29, 0.717) is 6.42 Å². The van der Waals surface area contributed by atoms with Crippen LogP contribution in [0, 0.1) is 0 Å². The van der Waals surface area contributed by atoms with Crippen molar-refractivity contribution in [3.8, 4) is 11.3 Å². The maximum Gasteiger partial charge on any atom is 0.226 e. The van der Waals surface area contributed by atoms with Crippen LogP contribution in [-0.4, -0.2) is 16.1 Å². The fourth-order valence-electron chi connectivity index (χ4n) is 1.85. The number of rotatable bonds is 4. The number of nitrogens with one attached hydrogen (secondary N) is 1. The zero-order valence-corrected chi connectivity index (χ0v) is 9.68. The van der Waals surface area contributed by atoms with Gasteiger partial charge in [0.1, 0.15) is 0 Å². The first-order valence-electron chi connectivity index (χ1n) is 5.62. The minimum atomic E-state index is -0.323. The lowest BCUT2D eigenvalue weighted by Crippen LogP contribution is -2.21. The highest BCUT2D eigenvalue weighted by Gasteiger charge is 2.18. The highest BCUT2D eigenvalue weighted by molar-refractivity contribution is 5.81. The van der Waals surface area contributed by atoms with E-state index in [9.17, 15) is 4.79 Å². The molecule has 0 aliphatic carbocycles. The normalized spacial score (nSPS) is 12.3. The zero-order valence-electron chi connectivity index (χ0n) is 9.68. The molecule has 1 aromatic carbocycles. The van der Waals surface area contributed by atoms with Gasteiger partial charge in [-0.05, 0) is 12.5 Å². The Bertz CT molecular complexity index is 504. The van der Waals surface area contributed by atoms with Gasteiger partial charge < -0.3 is 5.73 Å². The van der Waals surface area contributed by atoms with E-state index in [-0.39, 0.29) is 11.8 Å². The molecule has 2 aromatic rings. The molecule has 0 aliphatic rings. The first-order chi connectivity index (χ1) is 8.22. The van der Waals surface area contributed by atoms with Gasteiger partial charge >= 0.3 is 0 Å². The van der Waals surface area contributed by atoms with Gasteiger partial charge in [-0.2, -0.15) is 5.10 Å². The monoisotopic (exact) mass is 229 g/mol. The summed E-state index contributed by atoms with van der Waals surface area (Å²) in [5.74, 6) is -0.615. The predicted molar refractivity (Wildman–Crippen MR) is 66.3 cm³/mol. The van der Waals surface area contributed by atoms with Crippen LogP contribution in [-0.2, 0) is 4.79 Å². The molecule has 0 spiro atoms. The number of amides is 1. The average molecular weight is 229 g/mol. The second kappa shape index (κ2) is 4.82. The Labute approximate surface area is 99.8 Å². The second-order valence-electron chi connectivity index (χ2n) is 3.94. The molecule has 88 valence electrons. The molecule has 3 N–H and O–H groups in total. The van der Waals surface area contributed by atoms with Gasteiger partial charge in [-0.25, -0.2) is 0 Å². The molecule has 1 heterocycles. The lowest BCUT2D eigenvalue weighted by molar-refractivity contribution is -0.119. The van der Waals surface area contributed by atoms with Crippen molar-refractivity contribution in [1.82, 2.24) is 10.2 Å². The SMILES string of the molecule is CCC(C(N)=O)c1cc(-c2ccccc2)n[nH]1. The number of carbonyl (C=O) groups excluding carboxylic acids is 1. The summed E-state index contributed by atoms with van der Waals surface area (Å²) in [4.78, 5) is 11.3. The molecule has 1 amide bonds. The van der Waals surface area contributed by atoms with Gasteiger partial charge in [0.05, 0.1) is 11.6 Å². The van der Waals surface area contributed by atoms with Gasteiger partial charge in [-0.15, -0.1) is 0 Å². The van der Waals surface area contributed by atoms with Crippen molar-refractivity contribution in [3.63, 3.8) is 0 Å². The van der Waals surface area contributed by atoms with Gasteiger partial charge in [-0.3, -0.25) is 9.89 Å². The minimum Gasteiger partial charge on any atom is -0.369 e. The summed E-state index contributed by atoms with van der Waals surface area (Å²) in [5.41, 5.74) is 7.97. The van der Waals surface area contributed by atoms with Crippen molar-refractivity contribution in [2.24, 2.45) is 5.73 Å². The number of hydrogen-bond donors (Lipinski definition) is 2. The number of carbonyl (C=O) groups is 1. The summed E-state index contributed by atoms with van der Waals surface area (Å²) in [5, 5.41) is 7.09. The van der Waals surface area contributed by atoms with Crippen molar-refractivity contribution in [2.45, 2.75) is 19.3 Å². The maximum atomic E-state index is 11.3. The zero-order chi connectivity index (χ0) is 12.3. The lowest BCUT2D eigenvalue weighted by atomic mass is 10.0. The third kappa shape index (κ3) is 2.36. The van der Waals surface area contributed by atoms with Crippen molar-refractivity contribution in [3.05, 3.63) is 42.1 Å². The Balaban J connectivity index is 2.30. The van der Waals surface area contributed by atoms with E-state index in [1.54, 1.807) is 0 Å².